The van der Waals surface area contributed by atoms with Gasteiger partial charge in [0.2, 0.25) is 0 Å². The number of benzene rings is 1. The molecular weight excluding hydrogens is 340 g/mol. The third-order valence-electron chi connectivity index (χ3n) is 3.10. The molecule has 2 N–H and O–H groups in total. The summed E-state index contributed by atoms with van der Waals surface area (Å²) in [5.41, 5.74) is 0.658. The molecular formula is C15H8ClN2O4S-. The van der Waals surface area contributed by atoms with Crippen molar-refractivity contribution in [2.45, 2.75) is 0 Å². The Morgan fingerprint density at radius 2 is 2.04 bits per heavy atom. The Labute approximate surface area is 140 Å². The van der Waals surface area contributed by atoms with Crippen LogP contribution in [0, 0.1) is 0 Å². The summed E-state index contributed by atoms with van der Waals surface area (Å²) in [6.45, 7) is 0. The van der Waals surface area contributed by atoms with Crippen molar-refractivity contribution in [1.82, 2.24) is 10.6 Å². The molecule has 1 aliphatic rings. The number of nitrogens with one attached hydrogen (secondary N) is 2. The SMILES string of the molecule is O=C1NC(=S)N/C1=C/c1ccc(-c2cc(C(=O)[O-])ccc2Cl)o1. The Balaban J connectivity index is 1.95. The minimum absolute atomic E-state index is 0.0112. The van der Waals surface area contributed by atoms with Gasteiger partial charge in [-0.1, -0.05) is 17.7 Å². The summed E-state index contributed by atoms with van der Waals surface area (Å²) in [4.78, 5) is 22.5. The molecule has 0 radical (unpaired) electrons. The standard InChI is InChI=1S/C15H9ClN2O4S/c16-10-3-1-7(14(20)21)5-9(10)12-4-2-8(22-12)6-11-13(19)18-15(23)17-11/h1-6H,(H,20,21)(H2,17,18,19,23)/p-1/b11-6+. The lowest BCUT2D eigenvalue weighted by Crippen LogP contribution is -2.22. The molecule has 2 heterocycles. The zero-order chi connectivity index (χ0) is 16.6. The molecule has 1 fully saturated rings. The van der Waals surface area contributed by atoms with Gasteiger partial charge in [-0.3, -0.25) is 10.1 Å². The van der Waals surface area contributed by atoms with Crippen LogP contribution in [0.2, 0.25) is 5.02 Å². The molecule has 1 aromatic heterocycles. The molecule has 0 saturated carbocycles. The minimum atomic E-state index is -1.31. The maximum absolute atomic E-state index is 11.6. The molecule has 1 aromatic carbocycles. The molecule has 0 aliphatic carbocycles. The van der Waals surface area contributed by atoms with Crippen LogP contribution in [0.5, 0.6) is 0 Å². The summed E-state index contributed by atoms with van der Waals surface area (Å²) < 4.78 is 5.59. The first kappa shape index (κ1) is 15.3. The van der Waals surface area contributed by atoms with E-state index < -0.39 is 5.97 Å². The second-order valence-electron chi connectivity index (χ2n) is 4.65. The van der Waals surface area contributed by atoms with E-state index in [0.29, 0.717) is 22.1 Å². The van der Waals surface area contributed by atoms with Crippen molar-refractivity contribution in [2.24, 2.45) is 0 Å². The van der Waals surface area contributed by atoms with Crippen LogP contribution in [0.25, 0.3) is 17.4 Å². The van der Waals surface area contributed by atoms with E-state index in [9.17, 15) is 14.7 Å². The highest BCUT2D eigenvalue weighted by Gasteiger charge is 2.20. The number of hydrogen-bond acceptors (Lipinski definition) is 5. The first-order valence-electron chi connectivity index (χ1n) is 6.39. The van der Waals surface area contributed by atoms with E-state index >= 15 is 0 Å². The normalized spacial score (nSPS) is 15.6. The summed E-state index contributed by atoms with van der Waals surface area (Å²) in [6, 6.07) is 7.41. The largest absolute Gasteiger partial charge is 0.545 e. The number of hydrogen-bond donors (Lipinski definition) is 2. The fraction of sp³-hybridized carbons (Fsp3) is 0. The summed E-state index contributed by atoms with van der Waals surface area (Å²) in [7, 11) is 0. The van der Waals surface area contributed by atoms with E-state index in [1.165, 1.54) is 24.3 Å². The van der Waals surface area contributed by atoms with Gasteiger partial charge >= 0.3 is 0 Å². The molecule has 1 aliphatic heterocycles. The van der Waals surface area contributed by atoms with Crippen LogP contribution in [0.1, 0.15) is 16.1 Å². The van der Waals surface area contributed by atoms with Crippen LogP contribution in [0.4, 0.5) is 0 Å². The smallest absolute Gasteiger partial charge is 0.274 e. The Morgan fingerprint density at radius 1 is 1.26 bits per heavy atom. The van der Waals surface area contributed by atoms with Crippen LogP contribution in [-0.2, 0) is 4.79 Å². The summed E-state index contributed by atoms with van der Waals surface area (Å²) in [5.74, 6) is -0.912. The number of aromatic carboxylic acids is 1. The van der Waals surface area contributed by atoms with Gasteiger partial charge in [0.25, 0.3) is 5.91 Å². The highest BCUT2D eigenvalue weighted by Crippen LogP contribution is 2.31. The van der Waals surface area contributed by atoms with Crippen LogP contribution in [0.3, 0.4) is 0 Å². The summed E-state index contributed by atoms with van der Waals surface area (Å²) in [6.07, 6.45) is 1.48. The average Bonchev–Trinajstić information content (AvgIpc) is 3.06. The summed E-state index contributed by atoms with van der Waals surface area (Å²) in [5, 5.41) is 16.6. The lowest BCUT2D eigenvalue weighted by molar-refractivity contribution is -0.255. The van der Waals surface area contributed by atoms with Crippen molar-refractivity contribution in [3.05, 3.63) is 52.4 Å². The van der Waals surface area contributed by atoms with Crippen LogP contribution in [0.15, 0.2) is 40.4 Å². The molecule has 6 nitrogen and oxygen atoms in total. The van der Waals surface area contributed by atoms with Crippen molar-refractivity contribution < 1.29 is 19.1 Å². The number of furan rings is 1. The molecule has 0 unspecified atom stereocenters. The number of carboxylic acid groups (broad SMARTS) is 1. The molecule has 23 heavy (non-hydrogen) atoms. The number of halogens is 1. The number of carbonyl (C=O) groups excluding carboxylic acids is 2. The Bertz CT molecular complexity index is 872. The van der Waals surface area contributed by atoms with Crippen LogP contribution in [-0.4, -0.2) is 17.0 Å². The number of carbonyl (C=O) groups is 2. The molecule has 8 heteroatoms. The van der Waals surface area contributed by atoms with E-state index in [4.69, 9.17) is 28.2 Å². The zero-order valence-corrected chi connectivity index (χ0v) is 13.0. The van der Waals surface area contributed by atoms with Gasteiger partial charge in [-0.25, -0.2) is 0 Å². The Kier molecular flexibility index (Phi) is 3.89. The van der Waals surface area contributed by atoms with Gasteiger partial charge in [-0.2, -0.15) is 0 Å². The third kappa shape index (κ3) is 3.10. The predicted octanol–water partition coefficient (Wildman–Crippen LogP) is 1.31. The highest BCUT2D eigenvalue weighted by molar-refractivity contribution is 7.80. The maximum Gasteiger partial charge on any atom is 0.274 e. The number of amides is 1. The van der Waals surface area contributed by atoms with Gasteiger partial charge in [0, 0.05) is 11.6 Å². The third-order valence-corrected chi connectivity index (χ3v) is 3.63. The Morgan fingerprint density at radius 3 is 2.70 bits per heavy atom. The van der Waals surface area contributed by atoms with Gasteiger partial charge in [0.05, 0.1) is 11.0 Å². The second-order valence-corrected chi connectivity index (χ2v) is 5.47. The van der Waals surface area contributed by atoms with E-state index in [2.05, 4.69) is 10.6 Å². The van der Waals surface area contributed by atoms with Crippen molar-refractivity contribution in [3.8, 4) is 11.3 Å². The zero-order valence-electron chi connectivity index (χ0n) is 11.4. The lowest BCUT2D eigenvalue weighted by Gasteiger charge is -2.06. The van der Waals surface area contributed by atoms with Gasteiger partial charge in [-0.15, -0.1) is 0 Å². The molecule has 0 bridgehead atoms. The van der Waals surface area contributed by atoms with Crippen LogP contribution >= 0.6 is 23.8 Å². The van der Waals surface area contributed by atoms with Crippen molar-refractivity contribution in [3.63, 3.8) is 0 Å². The molecule has 1 saturated heterocycles. The number of carboxylic acids is 1. The van der Waals surface area contributed by atoms with Crippen molar-refractivity contribution in [2.75, 3.05) is 0 Å². The van der Waals surface area contributed by atoms with Gasteiger partial charge in [0.15, 0.2) is 5.11 Å². The van der Waals surface area contributed by atoms with Gasteiger partial charge in [0.1, 0.15) is 17.2 Å². The quantitative estimate of drug-likeness (QED) is 0.642. The molecule has 0 spiro atoms. The predicted molar refractivity (Wildman–Crippen MR) is 85.3 cm³/mol. The van der Waals surface area contributed by atoms with E-state index in [0.717, 1.165) is 0 Å². The molecule has 1 amide bonds. The average molecular weight is 348 g/mol. The van der Waals surface area contributed by atoms with Gasteiger partial charge in [-0.05, 0) is 42.0 Å². The maximum atomic E-state index is 11.6. The molecule has 0 atom stereocenters. The van der Waals surface area contributed by atoms with E-state index in [-0.39, 0.29) is 22.3 Å². The van der Waals surface area contributed by atoms with Crippen molar-refractivity contribution >= 4 is 46.9 Å². The lowest BCUT2D eigenvalue weighted by atomic mass is 10.1. The number of thiocarbonyl (C=S) groups is 1. The molecule has 2 aromatic rings. The summed E-state index contributed by atoms with van der Waals surface area (Å²) >= 11 is 10.9. The van der Waals surface area contributed by atoms with E-state index in [1.54, 1.807) is 12.1 Å². The fourth-order valence-electron chi connectivity index (χ4n) is 2.04. The Hall–Kier alpha value is -2.64. The van der Waals surface area contributed by atoms with Crippen molar-refractivity contribution in [1.29, 1.82) is 0 Å². The molecule has 116 valence electrons. The topological polar surface area (TPSA) is 94.4 Å². The first-order chi connectivity index (χ1) is 10.9. The number of rotatable bonds is 3. The first-order valence-corrected chi connectivity index (χ1v) is 7.18. The minimum Gasteiger partial charge on any atom is -0.545 e. The van der Waals surface area contributed by atoms with Crippen LogP contribution < -0.4 is 15.7 Å². The second kappa shape index (κ2) is 5.86. The highest BCUT2D eigenvalue weighted by atomic mass is 35.5. The monoisotopic (exact) mass is 347 g/mol. The van der Waals surface area contributed by atoms with Gasteiger partial charge < -0.3 is 19.6 Å². The van der Waals surface area contributed by atoms with E-state index in [1.807, 2.05) is 0 Å². The molecule has 3 rings (SSSR count). The fourth-order valence-corrected chi connectivity index (χ4v) is 2.45.